The van der Waals surface area contributed by atoms with Crippen LogP contribution in [0.5, 0.6) is 0 Å². The first-order valence-electron chi connectivity index (χ1n) is 26.2. The van der Waals surface area contributed by atoms with Crippen LogP contribution in [0, 0.1) is 11.8 Å². The molecule has 0 radical (unpaired) electrons. The first kappa shape index (κ1) is 57.4. The lowest BCUT2D eigenvalue weighted by atomic mass is 10.0. The standard InChI is InChI=1S/C53H102O6/c1-6-7-8-9-10-11-12-13-14-15-16-17-18-23-28-33-38-43-51(54)57-46-50(59-53(56)45-40-35-30-25-20-22-27-32-37-42-49(4)5)47-58-52(55)44-39-34-29-24-19-21-26-31-36-41-48(2)3/h48-50H,6-47H2,1-5H3/t50-/m1/s1. The molecule has 0 aliphatic rings. The summed E-state index contributed by atoms with van der Waals surface area (Å²) in [7, 11) is 0. The molecule has 0 aromatic rings. The zero-order valence-corrected chi connectivity index (χ0v) is 40.4. The van der Waals surface area contributed by atoms with Gasteiger partial charge in [0, 0.05) is 19.3 Å². The van der Waals surface area contributed by atoms with E-state index in [4.69, 9.17) is 14.2 Å². The van der Waals surface area contributed by atoms with Crippen LogP contribution in [-0.4, -0.2) is 37.2 Å². The van der Waals surface area contributed by atoms with Gasteiger partial charge in [0.25, 0.3) is 0 Å². The Bertz CT molecular complexity index is 900. The lowest BCUT2D eigenvalue weighted by Crippen LogP contribution is -2.30. The van der Waals surface area contributed by atoms with Crippen molar-refractivity contribution in [3.05, 3.63) is 0 Å². The first-order chi connectivity index (χ1) is 28.7. The van der Waals surface area contributed by atoms with Crippen molar-refractivity contribution in [3.8, 4) is 0 Å². The van der Waals surface area contributed by atoms with E-state index in [2.05, 4.69) is 34.6 Å². The van der Waals surface area contributed by atoms with Gasteiger partial charge in [-0.3, -0.25) is 14.4 Å². The van der Waals surface area contributed by atoms with Gasteiger partial charge in [0.05, 0.1) is 0 Å². The second-order valence-electron chi connectivity index (χ2n) is 19.1. The lowest BCUT2D eigenvalue weighted by molar-refractivity contribution is -0.167. The molecule has 350 valence electrons. The fourth-order valence-electron chi connectivity index (χ4n) is 7.99. The van der Waals surface area contributed by atoms with E-state index >= 15 is 0 Å². The van der Waals surface area contributed by atoms with E-state index in [9.17, 15) is 14.4 Å². The van der Waals surface area contributed by atoms with E-state index in [0.717, 1.165) is 69.6 Å². The Hall–Kier alpha value is -1.59. The number of rotatable bonds is 47. The second kappa shape index (κ2) is 45.9. The van der Waals surface area contributed by atoms with Crippen LogP contribution in [0.25, 0.3) is 0 Å². The predicted molar refractivity (Wildman–Crippen MR) is 252 cm³/mol. The van der Waals surface area contributed by atoms with E-state index in [1.54, 1.807) is 0 Å². The minimum Gasteiger partial charge on any atom is -0.462 e. The number of hydrogen-bond donors (Lipinski definition) is 0. The summed E-state index contributed by atoms with van der Waals surface area (Å²) in [5, 5.41) is 0. The summed E-state index contributed by atoms with van der Waals surface area (Å²) in [6, 6.07) is 0. The molecule has 0 aliphatic heterocycles. The number of carbonyl (C=O) groups excluding carboxylic acids is 3. The van der Waals surface area contributed by atoms with Gasteiger partial charge in [-0.05, 0) is 31.1 Å². The molecule has 6 nitrogen and oxygen atoms in total. The average molecular weight is 835 g/mol. The molecule has 0 rings (SSSR count). The highest BCUT2D eigenvalue weighted by Gasteiger charge is 2.19. The van der Waals surface area contributed by atoms with Crippen LogP contribution in [0.1, 0.15) is 291 Å². The van der Waals surface area contributed by atoms with Gasteiger partial charge in [-0.25, -0.2) is 0 Å². The van der Waals surface area contributed by atoms with Gasteiger partial charge in [0.2, 0.25) is 0 Å². The Morgan fingerprint density at radius 2 is 0.559 bits per heavy atom. The summed E-state index contributed by atoms with van der Waals surface area (Å²) in [5.41, 5.74) is 0. The Balaban J connectivity index is 4.28. The van der Waals surface area contributed by atoms with Crippen LogP contribution < -0.4 is 0 Å². The van der Waals surface area contributed by atoms with Gasteiger partial charge in [-0.15, -0.1) is 0 Å². The van der Waals surface area contributed by atoms with E-state index < -0.39 is 6.10 Å². The number of ether oxygens (including phenoxy) is 3. The molecule has 0 fully saturated rings. The van der Waals surface area contributed by atoms with Crippen molar-refractivity contribution in [1.29, 1.82) is 0 Å². The Kier molecular flexibility index (Phi) is 44.7. The molecule has 0 aliphatic carbocycles. The Morgan fingerprint density at radius 3 is 0.831 bits per heavy atom. The minimum atomic E-state index is -0.762. The van der Waals surface area contributed by atoms with Crippen LogP contribution >= 0.6 is 0 Å². The Morgan fingerprint density at radius 1 is 0.322 bits per heavy atom. The molecule has 59 heavy (non-hydrogen) atoms. The van der Waals surface area contributed by atoms with Crippen molar-refractivity contribution < 1.29 is 28.6 Å². The van der Waals surface area contributed by atoms with Gasteiger partial charge in [-0.2, -0.15) is 0 Å². The topological polar surface area (TPSA) is 78.9 Å². The molecule has 6 heteroatoms. The minimum absolute atomic E-state index is 0.0640. The van der Waals surface area contributed by atoms with E-state index in [0.29, 0.717) is 19.3 Å². The van der Waals surface area contributed by atoms with Crippen molar-refractivity contribution in [3.63, 3.8) is 0 Å². The maximum Gasteiger partial charge on any atom is 0.306 e. The molecule has 0 bridgehead atoms. The van der Waals surface area contributed by atoms with E-state index in [-0.39, 0.29) is 31.1 Å². The monoisotopic (exact) mass is 835 g/mol. The van der Waals surface area contributed by atoms with Crippen LogP contribution in [0.2, 0.25) is 0 Å². The number of unbranched alkanes of at least 4 members (excludes halogenated alkanes) is 32. The molecule has 0 heterocycles. The summed E-state index contributed by atoms with van der Waals surface area (Å²) in [5.74, 6) is 0.765. The zero-order chi connectivity index (χ0) is 43.3. The summed E-state index contributed by atoms with van der Waals surface area (Å²) in [6.45, 7) is 11.3. The molecule has 0 saturated carbocycles. The normalized spacial score (nSPS) is 12.1. The van der Waals surface area contributed by atoms with E-state index in [1.807, 2.05) is 0 Å². The number of esters is 3. The number of hydrogen-bond acceptors (Lipinski definition) is 6. The highest BCUT2D eigenvalue weighted by Crippen LogP contribution is 2.17. The highest BCUT2D eigenvalue weighted by molar-refractivity contribution is 5.71. The molecule has 0 saturated heterocycles. The predicted octanol–water partition coefficient (Wildman–Crippen LogP) is 16.9. The largest absolute Gasteiger partial charge is 0.462 e. The summed E-state index contributed by atoms with van der Waals surface area (Å²) < 4.78 is 16.8. The van der Waals surface area contributed by atoms with Crippen molar-refractivity contribution >= 4 is 17.9 Å². The van der Waals surface area contributed by atoms with Crippen molar-refractivity contribution in [2.24, 2.45) is 11.8 Å². The summed E-state index contributed by atoms with van der Waals surface area (Å²) in [6.07, 6.45) is 46.7. The summed E-state index contributed by atoms with van der Waals surface area (Å²) in [4.78, 5) is 37.9. The van der Waals surface area contributed by atoms with Gasteiger partial charge >= 0.3 is 17.9 Å². The van der Waals surface area contributed by atoms with Crippen LogP contribution in [0.3, 0.4) is 0 Å². The maximum atomic E-state index is 12.8. The molecule has 0 unspecified atom stereocenters. The maximum absolute atomic E-state index is 12.8. The third kappa shape index (κ3) is 47.3. The SMILES string of the molecule is CCCCCCCCCCCCCCCCCCCC(=O)OC[C@H](COC(=O)CCCCCCCCCCCC(C)C)OC(=O)CCCCCCCCCCCC(C)C. The zero-order valence-electron chi connectivity index (χ0n) is 40.4. The quantitative estimate of drug-likeness (QED) is 0.0345. The fraction of sp³-hybridized carbons (Fsp3) is 0.943. The van der Waals surface area contributed by atoms with Gasteiger partial charge in [-0.1, -0.05) is 253 Å². The second-order valence-corrected chi connectivity index (χ2v) is 19.1. The van der Waals surface area contributed by atoms with Gasteiger partial charge in [0.15, 0.2) is 6.10 Å². The molecule has 1 atom stereocenters. The first-order valence-corrected chi connectivity index (χ1v) is 26.2. The van der Waals surface area contributed by atoms with Crippen molar-refractivity contribution in [2.75, 3.05) is 13.2 Å². The third-order valence-electron chi connectivity index (χ3n) is 12.0. The van der Waals surface area contributed by atoms with Crippen LogP contribution in [-0.2, 0) is 28.6 Å². The lowest BCUT2D eigenvalue weighted by Gasteiger charge is -2.18. The smallest absolute Gasteiger partial charge is 0.306 e. The van der Waals surface area contributed by atoms with Crippen LogP contribution in [0.4, 0.5) is 0 Å². The fourth-order valence-corrected chi connectivity index (χ4v) is 7.99. The highest BCUT2D eigenvalue weighted by atomic mass is 16.6. The molecular formula is C53H102O6. The van der Waals surface area contributed by atoms with Crippen LogP contribution in [0.15, 0.2) is 0 Å². The molecule has 0 aromatic carbocycles. The molecule has 0 amide bonds. The molecule has 0 aromatic heterocycles. The van der Waals surface area contributed by atoms with E-state index in [1.165, 1.54) is 180 Å². The van der Waals surface area contributed by atoms with Gasteiger partial charge in [0.1, 0.15) is 13.2 Å². The Labute approximate surface area is 368 Å². The average Bonchev–Trinajstić information content (AvgIpc) is 3.20. The summed E-state index contributed by atoms with van der Waals surface area (Å²) >= 11 is 0. The molecular weight excluding hydrogens is 733 g/mol. The third-order valence-corrected chi connectivity index (χ3v) is 12.0. The van der Waals surface area contributed by atoms with Crippen molar-refractivity contribution in [1.82, 2.24) is 0 Å². The molecule has 0 N–H and O–H groups in total. The molecule has 0 spiro atoms. The van der Waals surface area contributed by atoms with Gasteiger partial charge < -0.3 is 14.2 Å². The number of carbonyl (C=O) groups is 3. The van der Waals surface area contributed by atoms with Crippen molar-refractivity contribution in [2.45, 2.75) is 298 Å².